The summed E-state index contributed by atoms with van der Waals surface area (Å²) < 4.78 is 50.1. The zero-order valence-corrected chi connectivity index (χ0v) is 29.5. The van der Waals surface area contributed by atoms with Gasteiger partial charge >= 0.3 is 0 Å². The maximum absolute atomic E-state index is 11.4. The number of hydrogen-bond acceptors (Lipinski definition) is 26. The molecule has 328 valence electrons. The van der Waals surface area contributed by atoms with Gasteiger partial charge in [0.15, 0.2) is 31.5 Å². The summed E-state index contributed by atoms with van der Waals surface area (Å²) in [5.74, 6) is 0. The summed E-state index contributed by atoms with van der Waals surface area (Å²) in [6, 6.07) is -2.97. The maximum atomic E-state index is 11.4. The first-order valence-corrected chi connectivity index (χ1v) is 17.8. The Kier molecular flexibility index (Phi) is 16.1. The van der Waals surface area contributed by atoms with E-state index in [1.807, 2.05) is 0 Å². The van der Waals surface area contributed by atoms with Gasteiger partial charge in [-0.1, -0.05) is 0 Å². The fourth-order valence-electron chi connectivity index (χ4n) is 7.00. The molecule has 0 bridgehead atoms. The summed E-state index contributed by atoms with van der Waals surface area (Å²) in [5.41, 5.74) is 12.0. The minimum Gasteiger partial charge on any atom is -0.394 e. The van der Waals surface area contributed by atoms with E-state index in [4.69, 9.17) is 54.1 Å². The minimum absolute atomic E-state index is 0.762. The monoisotopic (exact) mass is 826 g/mol. The predicted octanol–water partition coefficient (Wildman–Crippen LogP) is -12.0. The summed E-state index contributed by atoms with van der Waals surface area (Å²) in [5, 5.41) is 156. The molecule has 0 amide bonds. The summed E-state index contributed by atoms with van der Waals surface area (Å²) in [7, 11) is 0. The van der Waals surface area contributed by atoms with Crippen LogP contribution in [0.15, 0.2) is 0 Å². The number of rotatable bonds is 13. The van der Waals surface area contributed by atoms with Crippen LogP contribution in [0.1, 0.15) is 0 Å². The third kappa shape index (κ3) is 9.31. The van der Waals surface area contributed by atoms with E-state index in [2.05, 4.69) is 0 Å². The normalized spacial score (nSPS) is 53.2. The number of aliphatic hydroxyl groups excluding tert-OH is 15. The van der Waals surface area contributed by atoms with Crippen LogP contribution in [0.3, 0.4) is 0 Å². The molecule has 25 atom stereocenters. The highest BCUT2D eigenvalue weighted by atomic mass is 16.8. The average molecular weight is 827 g/mol. The molecule has 19 N–H and O–H groups in total. The fourth-order valence-corrected chi connectivity index (χ4v) is 7.00. The van der Waals surface area contributed by atoms with E-state index in [0.717, 1.165) is 0 Å². The van der Waals surface area contributed by atoms with Crippen molar-refractivity contribution in [3.63, 3.8) is 0 Å². The van der Waals surface area contributed by atoms with Crippen molar-refractivity contribution in [3.8, 4) is 0 Å². The van der Waals surface area contributed by atoms with Gasteiger partial charge in [0.05, 0.1) is 45.1 Å². The van der Waals surface area contributed by atoms with Crippen LogP contribution < -0.4 is 11.5 Å². The predicted molar refractivity (Wildman–Crippen MR) is 170 cm³/mol. The van der Waals surface area contributed by atoms with Gasteiger partial charge in [-0.25, -0.2) is 0 Å². The summed E-state index contributed by atoms with van der Waals surface area (Å²) >= 11 is 0. The zero-order chi connectivity index (χ0) is 41.3. The van der Waals surface area contributed by atoms with Gasteiger partial charge in [-0.2, -0.15) is 0 Å². The van der Waals surface area contributed by atoms with Gasteiger partial charge in [-0.15, -0.1) is 0 Å². The largest absolute Gasteiger partial charge is 0.394 e. The molecule has 5 rings (SSSR count). The Bertz CT molecular complexity index is 1210. The smallest absolute Gasteiger partial charge is 0.187 e. The maximum Gasteiger partial charge on any atom is 0.187 e. The molecule has 5 fully saturated rings. The number of aliphatic hydroxyl groups is 15. The van der Waals surface area contributed by atoms with Gasteiger partial charge in [0, 0.05) is 0 Å². The molecule has 5 aliphatic rings. The molecule has 0 aromatic carbocycles. The van der Waals surface area contributed by atoms with Crippen LogP contribution in [0.25, 0.3) is 0 Å². The van der Waals surface area contributed by atoms with Gasteiger partial charge in [0.1, 0.15) is 110 Å². The molecule has 56 heavy (non-hydrogen) atoms. The Hall–Kier alpha value is -1.04. The van der Waals surface area contributed by atoms with Crippen LogP contribution in [-0.2, 0) is 42.6 Å². The molecular formula is C30H54N2O24. The van der Waals surface area contributed by atoms with Crippen molar-refractivity contribution in [1.82, 2.24) is 0 Å². The Morgan fingerprint density at radius 2 is 0.768 bits per heavy atom. The molecule has 0 aromatic rings. The van der Waals surface area contributed by atoms with Gasteiger partial charge in [-0.3, -0.25) is 0 Å². The lowest BCUT2D eigenvalue weighted by Crippen LogP contribution is -2.69. The second-order valence-electron chi connectivity index (χ2n) is 14.2. The lowest BCUT2D eigenvalue weighted by Gasteiger charge is -2.49. The molecule has 5 heterocycles. The molecule has 1 unspecified atom stereocenters. The van der Waals surface area contributed by atoms with Crippen LogP contribution in [0.2, 0.25) is 0 Å². The van der Waals surface area contributed by atoms with Crippen molar-refractivity contribution in [3.05, 3.63) is 0 Å². The highest BCUT2D eigenvalue weighted by Gasteiger charge is 2.55. The van der Waals surface area contributed by atoms with E-state index >= 15 is 0 Å². The molecule has 0 saturated carbocycles. The summed E-state index contributed by atoms with van der Waals surface area (Å²) in [6.07, 6.45) is -40.3. The van der Waals surface area contributed by atoms with E-state index in [0.29, 0.717) is 0 Å². The van der Waals surface area contributed by atoms with E-state index in [1.54, 1.807) is 0 Å². The molecule has 5 aliphatic heterocycles. The molecule has 0 radical (unpaired) electrons. The van der Waals surface area contributed by atoms with Gasteiger partial charge in [0.25, 0.3) is 0 Å². The van der Waals surface area contributed by atoms with E-state index < -0.39 is 186 Å². The minimum atomic E-state index is -2.11. The lowest BCUT2D eigenvalue weighted by molar-refractivity contribution is -0.383. The highest BCUT2D eigenvalue weighted by molar-refractivity contribution is 4.99. The second-order valence-corrected chi connectivity index (χ2v) is 14.2. The average Bonchev–Trinajstić information content (AvgIpc) is 3.19. The van der Waals surface area contributed by atoms with E-state index in [-0.39, 0.29) is 0 Å². The topological polar surface area (TPSA) is 439 Å². The van der Waals surface area contributed by atoms with Crippen LogP contribution in [-0.4, -0.2) is 263 Å². The van der Waals surface area contributed by atoms with Crippen LogP contribution in [0, 0.1) is 0 Å². The van der Waals surface area contributed by atoms with Crippen molar-refractivity contribution in [2.75, 3.05) is 33.0 Å². The first-order chi connectivity index (χ1) is 26.5. The van der Waals surface area contributed by atoms with Crippen molar-refractivity contribution in [2.45, 2.75) is 153 Å². The Balaban J connectivity index is 1.36. The van der Waals surface area contributed by atoms with Crippen molar-refractivity contribution < 1.29 is 119 Å². The Labute approximate surface area is 317 Å². The van der Waals surface area contributed by atoms with E-state index in [1.165, 1.54) is 0 Å². The third-order valence-corrected chi connectivity index (χ3v) is 10.5. The Morgan fingerprint density at radius 1 is 0.357 bits per heavy atom. The van der Waals surface area contributed by atoms with Crippen molar-refractivity contribution in [1.29, 1.82) is 0 Å². The summed E-state index contributed by atoms with van der Waals surface area (Å²) in [6.45, 7) is -4.13. The first kappa shape index (κ1) is 46.0. The SMILES string of the molecule is N[C@H]1[C@H](O[C@H]2[C@H](O)[C@@H](N)C(O)O[C@@H]2CO)O[C@H](CO)[C@@H](O[C@@H]2O[C@H](CO[C@H]3O[C@H](CO)[C@@H](O)[C@H](O)[C@@H]3O)[C@@H](O)[C@H](O[C@H]3O[C@H](CO)[C@@H](O)[C@H](O)[C@@H]3O)[C@@H]2O)[C@@H]1O. The van der Waals surface area contributed by atoms with Crippen LogP contribution >= 0.6 is 0 Å². The molecule has 26 nitrogen and oxygen atoms in total. The lowest BCUT2D eigenvalue weighted by atomic mass is 9.94. The molecular weight excluding hydrogens is 772 g/mol. The Morgan fingerprint density at radius 3 is 1.32 bits per heavy atom. The molecule has 0 aromatic heterocycles. The highest BCUT2D eigenvalue weighted by Crippen LogP contribution is 2.34. The summed E-state index contributed by atoms with van der Waals surface area (Å²) in [4.78, 5) is 0. The second kappa shape index (κ2) is 19.6. The number of hydrogen-bond donors (Lipinski definition) is 17. The van der Waals surface area contributed by atoms with Crippen molar-refractivity contribution >= 4 is 0 Å². The van der Waals surface area contributed by atoms with Gasteiger partial charge in [-0.05, 0) is 0 Å². The number of nitrogens with two attached hydrogens (primary N) is 2. The van der Waals surface area contributed by atoms with E-state index in [9.17, 15) is 76.6 Å². The molecule has 5 saturated heterocycles. The molecule has 0 spiro atoms. The fraction of sp³-hybridized carbons (Fsp3) is 1.00. The van der Waals surface area contributed by atoms with Crippen LogP contribution in [0.5, 0.6) is 0 Å². The van der Waals surface area contributed by atoms with Gasteiger partial charge in [0.2, 0.25) is 0 Å². The quantitative estimate of drug-likeness (QED) is 0.0819. The number of ether oxygens (including phenoxy) is 9. The third-order valence-electron chi connectivity index (χ3n) is 10.5. The molecule has 0 aliphatic carbocycles. The standard InChI is InChI=1S/C30H54N2O24/c31-11-16(40)23(8(3-35)49-26(11)47)54-27-12(32)17(41)24(9(4-36)52-27)55-30-22(46)25(56-29-21(45)19(43)14(38)7(2-34)51-29)15(39)10(53-30)5-48-28-20(44)18(42)13(37)6(1-33)50-28/h6-30,33-47H,1-5,31-32H2/t6-,7-,8-,9-,10-,11-,12-,13-,14-,15-,16-,17-,18+,19+,20+,21+,22+,23-,24-,25+,26?,27+,28+,29-,30+/m1/s1. The zero-order valence-electron chi connectivity index (χ0n) is 29.5. The van der Waals surface area contributed by atoms with Gasteiger partial charge < -0.3 is 131 Å². The van der Waals surface area contributed by atoms with Crippen molar-refractivity contribution in [2.24, 2.45) is 11.5 Å². The molecule has 26 heteroatoms. The first-order valence-electron chi connectivity index (χ1n) is 17.8. The van der Waals surface area contributed by atoms with Crippen LogP contribution in [0.4, 0.5) is 0 Å².